The first-order chi connectivity index (χ1) is 12.0. The van der Waals surface area contributed by atoms with E-state index in [1.165, 1.54) is 0 Å². The molecule has 0 atom stereocenters. The molecule has 0 bridgehead atoms. The summed E-state index contributed by atoms with van der Waals surface area (Å²) in [5.41, 5.74) is 2.00. The Morgan fingerprint density at radius 1 is 1.24 bits per heavy atom. The number of hydrogen-bond acceptors (Lipinski definition) is 5. The van der Waals surface area contributed by atoms with E-state index in [0.717, 1.165) is 11.1 Å². The molecule has 7 nitrogen and oxygen atoms in total. The Bertz CT molecular complexity index is 854. The molecule has 0 aliphatic carbocycles. The Morgan fingerprint density at radius 3 is 2.60 bits per heavy atom. The maximum atomic E-state index is 12.4. The van der Waals surface area contributed by atoms with Crippen LogP contribution in [0.5, 0.6) is 11.5 Å². The van der Waals surface area contributed by atoms with E-state index in [0.29, 0.717) is 28.5 Å². The maximum absolute atomic E-state index is 12.4. The average molecular weight is 343 g/mol. The molecule has 0 saturated heterocycles. The van der Waals surface area contributed by atoms with Crippen LogP contribution in [0, 0.1) is 0 Å². The third kappa shape index (κ3) is 3.31. The number of nitrogens with zero attached hydrogens (tertiary/aromatic N) is 1. The number of carbonyl (C=O) groups excluding carboxylic acids is 1. The van der Waals surface area contributed by atoms with E-state index < -0.39 is 0 Å². The molecule has 25 heavy (non-hydrogen) atoms. The second kappa shape index (κ2) is 6.88. The van der Waals surface area contributed by atoms with Gasteiger partial charge in [-0.05, 0) is 24.1 Å². The molecular weight excluding hydrogens is 322 g/mol. The van der Waals surface area contributed by atoms with Gasteiger partial charge in [0.05, 0.1) is 32.0 Å². The number of fused-ring (bicyclic) bond motifs is 1. The second-order valence-corrected chi connectivity index (χ2v) is 6.00. The zero-order valence-corrected chi connectivity index (χ0v) is 14.7. The fraction of sp³-hybridized carbons (Fsp3) is 0.333. The van der Waals surface area contributed by atoms with Crippen LogP contribution in [-0.2, 0) is 6.54 Å². The zero-order valence-electron chi connectivity index (χ0n) is 14.7. The monoisotopic (exact) mass is 343 g/mol. The van der Waals surface area contributed by atoms with Crippen LogP contribution in [0.15, 0.2) is 28.8 Å². The van der Waals surface area contributed by atoms with E-state index in [9.17, 15) is 4.79 Å². The molecule has 2 heterocycles. The standard InChI is InChI=1S/C18H21N3O4/c1-10(2)13-7-11(25-21-13)9-19-18(22)14-8-12-15(23-3)5-6-16(24-4)17(12)20-14/h5-8,10,20H,9H2,1-4H3,(H,19,22). The van der Waals surface area contributed by atoms with Crippen LogP contribution < -0.4 is 14.8 Å². The number of rotatable bonds is 6. The number of amides is 1. The third-order valence-corrected chi connectivity index (χ3v) is 3.99. The van der Waals surface area contributed by atoms with Crippen LogP contribution in [-0.4, -0.2) is 30.3 Å². The molecule has 1 amide bonds. The zero-order chi connectivity index (χ0) is 18.0. The van der Waals surface area contributed by atoms with Crippen molar-refractivity contribution in [1.29, 1.82) is 0 Å². The Kier molecular flexibility index (Phi) is 4.65. The van der Waals surface area contributed by atoms with Crippen LogP contribution >= 0.6 is 0 Å². The lowest BCUT2D eigenvalue weighted by Crippen LogP contribution is -2.22. The van der Waals surface area contributed by atoms with E-state index in [1.54, 1.807) is 32.4 Å². The molecule has 1 aromatic carbocycles. The highest BCUT2D eigenvalue weighted by Crippen LogP contribution is 2.33. The Labute approximate surface area is 145 Å². The predicted octanol–water partition coefficient (Wildman–Crippen LogP) is 3.23. The van der Waals surface area contributed by atoms with E-state index in [4.69, 9.17) is 14.0 Å². The Balaban J connectivity index is 1.79. The molecule has 7 heteroatoms. The summed E-state index contributed by atoms with van der Waals surface area (Å²) in [7, 11) is 3.17. The molecule has 0 aliphatic heterocycles. The highest BCUT2D eigenvalue weighted by atomic mass is 16.5. The maximum Gasteiger partial charge on any atom is 0.268 e. The van der Waals surface area contributed by atoms with E-state index in [-0.39, 0.29) is 18.4 Å². The second-order valence-electron chi connectivity index (χ2n) is 6.00. The number of benzene rings is 1. The van der Waals surface area contributed by atoms with Gasteiger partial charge in [0.15, 0.2) is 5.76 Å². The average Bonchev–Trinajstić information content (AvgIpc) is 3.25. The van der Waals surface area contributed by atoms with Crippen molar-refractivity contribution in [2.75, 3.05) is 14.2 Å². The minimum Gasteiger partial charge on any atom is -0.496 e. The first kappa shape index (κ1) is 16.9. The van der Waals surface area contributed by atoms with Gasteiger partial charge in [0.1, 0.15) is 17.2 Å². The third-order valence-electron chi connectivity index (χ3n) is 3.99. The van der Waals surface area contributed by atoms with Gasteiger partial charge >= 0.3 is 0 Å². The van der Waals surface area contributed by atoms with Gasteiger partial charge in [-0.1, -0.05) is 19.0 Å². The first-order valence-electron chi connectivity index (χ1n) is 8.01. The summed E-state index contributed by atoms with van der Waals surface area (Å²) in [6.07, 6.45) is 0. The number of methoxy groups -OCH3 is 2. The number of nitrogens with one attached hydrogen (secondary N) is 2. The number of ether oxygens (including phenoxy) is 2. The molecule has 0 radical (unpaired) electrons. The van der Waals surface area contributed by atoms with Crippen LogP contribution in [0.25, 0.3) is 10.9 Å². The van der Waals surface area contributed by atoms with Crippen molar-refractivity contribution < 1.29 is 18.8 Å². The van der Waals surface area contributed by atoms with Crippen molar-refractivity contribution in [2.45, 2.75) is 26.3 Å². The van der Waals surface area contributed by atoms with Crippen LogP contribution in [0.2, 0.25) is 0 Å². The van der Waals surface area contributed by atoms with Crippen molar-refractivity contribution >= 4 is 16.8 Å². The van der Waals surface area contributed by atoms with Gasteiger partial charge in [0.25, 0.3) is 5.91 Å². The highest BCUT2D eigenvalue weighted by Gasteiger charge is 2.16. The molecular formula is C18H21N3O4. The largest absolute Gasteiger partial charge is 0.496 e. The summed E-state index contributed by atoms with van der Waals surface area (Å²) < 4.78 is 15.9. The summed E-state index contributed by atoms with van der Waals surface area (Å²) in [6.45, 7) is 4.33. The van der Waals surface area contributed by atoms with Crippen molar-refractivity contribution in [2.24, 2.45) is 0 Å². The molecule has 0 fully saturated rings. The van der Waals surface area contributed by atoms with Crippen molar-refractivity contribution in [1.82, 2.24) is 15.5 Å². The van der Waals surface area contributed by atoms with Crippen molar-refractivity contribution in [3.05, 3.63) is 41.4 Å². The van der Waals surface area contributed by atoms with E-state index >= 15 is 0 Å². The lowest BCUT2D eigenvalue weighted by Gasteiger charge is -2.05. The van der Waals surface area contributed by atoms with Gasteiger partial charge in [-0.3, -0.25) is 4.79 Å². The SMILES string of the molecule is COc1ccc(OC)c2[nH]c(C(=O)NCc3cc(C(C)C)no3)cc12. The molecule has 2 N–H and O–H groups in total. The number of hydrogen-bond donors (Lipinski definition) is 2. The van der Waals surface area contributed by atoms with Crippen LogP contribution in [0.3, 0.4) is 0 Å². The van der Waals surface area contributed by atoms with Gasteiger partial charge in [-0.15, -0.1) is 0 Å². The summed E-state index contributed by atoms with van der Waals surface area (Å²) in [4.78, 5) is 15.5. The number of aromatic amines is 1. The number of carbonyl (C=O) groups is 1. The van der Waals surface area contributed by atoms with Crippen molar-refractivity contribution in [3.8, 4) is 11.5 Å². The fourth-order valence-corrected chi connectivity index (χ4v) is 2.59. The number of H-pyrrole nitrogens is 1. The Hall–Kier alpha value is -2.96. The number of aromatic nitrogens is 2. The van der Waals surface area contributed by atoms with E-state index in [2.05, 4.69) is 15.5 Å². The van der Waals surface area contributed by atoms with E-state index in [1.807, 2.05) is 19.9 Å². The molecule has 0 aliphatic rings. The first-order valence-corrected chi connectivity index (χ1v) is 8.01. The molecule has 0 spiro atoms. The highest BCUT2D eigenvalue weighted by molar-refractivity contribution is 6.01. The molecule has 132 valence electrons. The lowest BCUT2D eigenvalue weighted by atomic mass is 10.1. The fourth-order valence-electron chi connectivity index (χ4n) is 2.59. The quantitative estimate of drug-likeness (QED) is 0.717. The topological polar surface area (TPSA) is 89.4 Å². The lowest BCUT2D eigenvalue weighted by molar-refractivity contribution is 0.0943. The van der Waals surface area contributed by atoms with Crippen LogP contribution in [0.1, 0.15) is 41.7 Å². The van der Waals surface area contributed by atoms with Gasteiger partial charge in [-0.2, -0.15) is 0 Å². The molecule has 3 rings (SSSR count). The summed E-state index contributed by atoms with van der Waals surface area (Å²) in [5, 5.41) is 7.58. The van der Waals surface area contributed by atoms with Gasteiger partial charge in [0.2, 0.25) is 0 Å². The Morgan fingerprint density at radius 2 is 1.96 bits per heavy atom. The normalized spacial score (nSPS) is 11.1. The van der Waals surface area contributed by atoms with Gasteiger partial charge in [-0.25, -0.2) is 0 Å². The molecule has 3 aromatic rings. The van der Waals surface area contributed by atoms with Gasteiger partial charge < -0.3 is 24.3 Å². The minimum absolute atomic E-state index is 0.247. The predicted molar refractivity (Wildman–Crippen MR) is 93.2 cm³/mol. The summed E-state index contributed by atoms with van der Waals surface area (Å²) in [5.74, 6) is 1.96. The molecule has 2 aromatic heterocycles. The summed E-state index contributed by atoms with van der Waals surface area (Å²) >= 11 is 0. The summed E-state index contributed by atoms with van der Waals surface area (Å²) in [6, 6.07) is 7.19. The van der Waals surface area contributed by atoms with Gasteiger partial charge in [0, 0.05) is 11.5 Å². The molecule has 0 unspecified atom stereocenters. The minimum atomic E-state index is -0.247. The van der Waals surface area contributed by atoms with Crippen LogP contribution in [0.4, 0.5) is 0 Å². The molecule has 0 saturated carbocycles. The smallest absolute Gasteiger partial charge is 0.268 e. The van der Waals surface area contributed by atoms with Crippen molar-refractivity contribution in [3.63, 3.8) is 0 Å².